The van der Waals surface area contributed by atoms with Gasteiger partial charge in [-0.25, -0.2) is 4.98 Å². The molecule has 2 rings (SSSR count). The number of hydrogen-bond donors (Lipinski definition) is 2. The second-order valence-electron chi connectivity index (χ2n) is 4.47. The number of nitrogens with two attached hydrogens (primary N) is 1. The second kappa shape index (κ2) is 7.19. The van der Waals surface area contributed by atoms with Gasteiger partial charge in [-0.15, -0.1) is 0 Å². The largest absolute Gasteiger partial charge is 0.383 e. The van der Waals surface area contributed by atoms with E-state index in [1.807, 2.05) is 24.3 Å². The average molecular weight is 350 g/mol. The van der Waals surface area contributed by atoms with Crippen LogP contribution in [0.25, 0.3) is 0 Å². The van der Waals surface area contributed by atoms with Gasteiger partial charge in [0.25, 0.3) is 5.91 Å². The van der Waals surface area contributed by atoms with Crippen molar-refractivity contribution < 1.29 is 9.53 Å². The number of nitrogens with one attached hydrogen (secondary N) is 1. The quantitative estimate of drug-likeness (QED) is 0.869. The van der Waals surface area contributed by atoms with E-state index in [0.717, 1.165) is 15.6 Å². The first-order chi connectivity index (χ1) is 10.1. The first kappa shape index (κ1) is 15.5. The van der Waals surface area contributed by atoms with Crippen molar-refractivity contribution >= 4 is 27.7 Å². The Hall–Kier alpha value is -1.92. The molecule has 0 aliphatic carbocycles. The zero-order valence-electron chi connectivity index (χ0n) is 11.6. The van der Waals surface area contributed by atoms with Crippen LogP contribution in [0.3, 0.4) is 0 Å². The maximum absolute atomic E-state index is 12.3. The van der Waals surface area contributed by atoms with Crippen molar-refractivity contribution in [3.8, 4) is 0 Å². The molecule has 1 amide bonds. The van der Waals surface area contributed by atoms with E-state index in [1.54, 1.807) is 19.4 Å². The van der Waals surface area contributed by atoms with E-state index < -0.39 is 0 Å². The van der Waals surface area contributed by atoms with E-state index in [2.05, 4.69) is 26.2 Å². The Morgan fingerprint density at radius 1 is 1.33 bits per heavy atom. The predicted octanol–water partition coefficient (Wildman–Crippen LogP) is 2.50. The number of halogens is 1. The molecule has 0 fully saturated rings. The van der Waals surface area contributed by atoms with Gasteiger partial charge in [0.15, 0.2) is 0 Å². The summed E-state index contributed by atoms with van der Waals surface area (Å²) in [5.74, 6) is -0.0478. The highest BCUT2D eigenvalue weighted by molar-refractivity contribution is 9.10. The lowest BCUT2D eigenvalue weighted by Gasteiger charge is -2.11. The van der Waals surface area contributed by atoms with E-state index >= 15 is 0 Å². The lowest BCUT2D eigenvalue weighted by atomic mass is 10.1. The van der Waals surface area contributed by atoms with Gasteiger partial charge in [0, 0.05) is 24.3 Å². The third kappa shape index (κ3) is 4.03. The van der Waals surface area contributed by atoms with Crippen LogP contribution in [0.5, 0.6) is 0 Å². The van der Waals surface area contributed by atoms with E-state index in [1.165, 1.54) is 0 Å². The van der Waals surface area contributed by atoms with Gasteiger partial charge in [0.05, 0.1) is 12.2 Å². The van der Waals surface area contributed by atoms with E-state index in [-0.39, 0.29) is 11.7 Å². The molecule has 21 heavy (non-hydrogen) atoms. The molecule has 3 N–H and O–H groups in total. The molecule has 0 atom stereocenters. The minimum atomic E-state index is -0.254. The summed E-state index contributed by atoms with van der Waals surface area (Å²) in [6.45, 7) is 0.737. The highest BCUT2D eigenvalue weighted by Gasteiger charge is 2.15. The van der Waals surface area contributed by atoms with Crippen LogP contribution in [0, 0.1) is 0 Å². The molecule has 1 aromatic heterocycles. The van der Waals surface area contributed by atoms with Gasteiger partial charge < -0.3 is 15.8 Å². The Morgan fingerprint density at radius 2 is 2.05 bits per heavy atom. The van der Waals surface area contributed by atoms with Crippen molar-refractivity contribution in [2.24, 2.45) is 0 Å². The van der Waals surface area contributed by atoms with Crippen molar-refractivity contribution in [3.63, 3.8) is 0 Å². The van der Waals surface area contributed by atoms with Crippen molar-refractivity contribution in [3.05, 3.63) is 57.7 Å². The molecule has 1 aromatic carbocycles. The van der Waals surface area contributed by atoms with Crippen LogP contribution in [0.4, 0.5) is 5.82 Å². The third-order valence-electron chi connectivity index (χ3n) is 2.96. The molecule has 1 heterocycles. The third-order valence-corrected chi connectivity index (χ3v) is 3.49. The normalized spacial score (nSPS) is 10.4. The van der Waals surface area contributed by atoms with Crippen LogP contribution in [0.1, 0.15) is 21.5 Å². The van der Waals surface area contributed by atoms with Crippen LogP contribution in [-0.2, 0) is 17.9 Å². The summed E-state index contributed by atoms with van der Waals surface area (Å²) in [7, 11) is 1.57. The number of methoxy groups -OCH3 is 1. The van der Waals surface area contributed by atoms with Crippen LogP contribution >= 0.6 is 15.9 Å². The molecule has 0 aliphatic heterocycles. The standard InChI is InChI=1S/C15H16BrN3O2/c1-21-9-11-6-7-18-14(17)13(11)15(20)19-8-10-2-4-12(16)5-3-10/h2-7H,8-9H2,1H3,(H2,17,18)(H,19,20). The number of ether oxygens (including phenoxy) is 1. The Kier molecular flexibility index (Phi) is 5.30. The maximum atomic E-state index is 12.3. The molecule has 0 aliphatic rings. The Balaban J connectivity index is 2.11. The molecular weight excluding hydrogens is 334 g/mol. The number of anilines is 1. The van der Waals surface area contributed by atoms with E-state index in [4.69, 9.17) is 10.5 Å². The van der Waals surface area contributed by atoms with Crippen LogP contribution < -0.4 is 11.1 Å². The molecular formula is C15H16BrN3O2. The summed E-state index contributed by atoms with van der Waals surface area (Å²) in [6, 6.07) is 9.46. The zero-order chi connectivity index (χ0) is 15.2. The smallest absolute Gasteiger partial charge is 0.255 e. The number of carbonyl (C=O) groups is 1. The van der Waals surface area contributed by atoms with Crippen LogP contribution in [0.15, 0.2) is 41.0 Å². The number of carbonyl (C=O) groups excluding carboxylic acids is 1. The molecule has 0 radical (unpaired) electrons. The van der Waals surface area contributed by atoms with Gasteiger partial charge in [-0.05, 0) is 29.3 Å². The lowest BCUT2D eigenvalue weighted by Crippen LogP contribution is -2.25. The molecule has 0 unspecified atom stereocenters. The van der Waals surface area contributed by atoms with Crippen LogP contribution in [0.2, 0.25) is 0 Å². The van der Waals surface area contributed by atoms with Crippen molar-refractivity contribution in [2.45, 2.75) is 13.2 Å². The Bertz CT molecular complexity index is 629. The van der Waals surface area contributed by atoms with Gasteiger partial charge in [-0.3, -0.25) is 4.79 Å². The highest BCUT2D eigenvalue weighted by atomic mass is 79.9. The maximum Gasteiger partial charge on any atom is 0.255 e. The number of amides is 1. The summed E-state index contributed by atoms with van der Waals surface area (Å²) in [5, 5.41) is 2.84. The summed E-state index contributed by atoms with van der Waals surface area (Å²) >= 11 is 3.37. The fourth-order valence-corrected chi connectivity index (χ4v) is 2.20. The SMILES string of the molecule is COCc1ccnc(N)c1C(=O)NCc1ccc(Br)cc1. The number of rotatable bonds is 5. The number of hydrogen-bond acceptors (Lipinski definition) is 4. The summed E-state index contributed by atoms with van der Waals surface area (Å²) in [5.41, 5.74) is 7.90. The second-order valence-corrected chi connectivity index (χ2v) is 5.39. The molecule has 0 saturated carbocycles. The van der Waals surface area contributed by atoms with Crippen molar-refractivity contribution in [1.82, 2.24) is 10.3 Å². The van der Waals surface area contributed by atoms with Gasteiger partial charge in [-0.2, -0.15) is 0 Å². The van der Waals surface area contributed by atoms with Crippen LogP contribution in [-0.4, -0.2) is 18.0 Å². The predicted molar refractivity (Wildman–Crippen MR) is 84.7 cm³/mol. The van der Waals surface area contributed by atoms with Gasteiger partial charge >= 0.3 is 0 Å². The van der Waals surface area contributed by atoms with E-state index in [0.29, 0.717) is 18.7 Å². The van der Waals surface area contributed by atoms with E-state index in [9.17, 15) is 4.79 Å². The number of aromatic nitrogens is 1. The number of benzene rings is 1. The Labute approximate surface area is 131 Å². The number of nitrogen functional groups attached to an aromatic ring is 1. The van der Waals surface area contributed by atoms with Gasteiger partial charge in [0.1, 0.15) is 5.82 Å². The summed E-state index contributed by atoms with van der Waals surface area (Å²) in [4.78, 5) is 16.3. The molecule has 110 valence electrons. The Morgan fingerprint density at radius 3 is 2.71 bits per heavy atom. The van der Waals surface area contributed by atoms with Crippen molar-refractivity contribution in [2.75, 3.05) is 12.8 Å². The highest BCUT2D eigenvalue weighted by Crippen LogP contribution is 2.16. The molecule has 0 spiro atoms. The van der Waals surface area contributed by atoms with Gasteiger partial charge in [0.2, 0.25) is 0 Å². The lowest BCUT2D eigenvalue weighted by molar-refractivity contribution is 0.0946. The molecule has 2 aromatic rings. The first-order valence-electron chi connectivity index (χ1n) is 6.36. The topological polar surface area (TPSA) is 77.2 Å². The molecule has 6 heteroatoms. The fourth-order valence-electron chi connectivity index (χ4n) is 1.93. The minimum Gasteiger partial charge on any atom is -0.383 e. The first-order valence-corrected chi connectivity index (χ1v) is 7.16. The molecule has 5 nitrogen and oxygen atoms in total. The average Bonchev–Trinajstić information content (AvgIpc) is 2.47. The molecule has 0 saturated heterocycles. The minimum absolute atomic E-state index is 0.206. The summed E-state index contributed by atoms with van der Waals surface area (Å²) in [6.07, 6.45) is 1.56. The zero-order valence-corrected chi connectivity index (χ0v) is 13.2. The number of pyridine rings is 1. The summed E-state index contributed by atoms with van der Waals surface area (Å²) < 4.78 is 6.08. The fraction of sp³-hybridized carbons (Fsp3) is 0.200. The number of nitrogens with zero attached hydrogens (tertiary/aromatic N) is 1. The monoisotopic (exact) mass is 349 g/mol. The van der Waals surface area contributed by atoms with Gasteiger partial charge in [-0.1, -0.05) is 28.1 Å². The van der Waals surface area contributed by atoms with Crippen molar-refractivity contribution in [1.29, 1.82) is 0 Å². The molecule has 0 bridgehead atoms.